The number of rotatable bonds is 3. The zero-order valence-corrected chi connectivity index (χ0v) is 18.3. The number of hydrogen-bond acceptors (Lipinski definition) is 5. The van der Waals surface area contributed by atoms with Crippen molar-refractivity contribution in [3.8, 4) is 17.2 Å². The van der Waals surface area contributed by atoms with E-state index in [9.17, 15) is 9.90 Å². The normalized spacial score (nSPS) is 27.3. The Bertz CT molecular complexity index is 979. The number of aliphatic hydroxyl groups excluding tert-OH is 1. The number of carbonyl (C=O) groups is 1. The van der Waals surface area contributed by atoms with E-state index in [1.54, 1.807) is 0 Å². The first kappa shape index (κ1) is 20.2. The molecule has 31 heavy (non-hydrogen) atoms. The van der Waals surface area contributed by atoms with Crippen molar-refractivity contribution >= 4 is 5.91 Å². The highest BCUT2D eigenvalue weighted by molar-refractivity contribution is 5.94. The third kappa shape index (κ3) is 3.87. The van der Waals surface area contributed by atoms with Crippen molar-refractivity contribution in [3.63, 3.8) is 0 Å². The minimum absolute atomic E-state index is 0.0546. The van der Waals surface area contributed by atoms with Gasteiger partial charge in [0.1, 0.15) is 11.9 Å². The summed E-state index contributed by atoms with van der Waals surface area (Å²) >= 11 is 0. The van der Waals surface area contributed by atoms with E-state index in [2.05, 4.69) is 25.3 Å². The van der Waals surface area contributed by atoms with Crippen LogP contribution in [-0.4, -0.2) is 52.6 Å². The zero-order valence-electron chi connectivity index (χ0n) is 18.3. The van der Waals surface area contributed by atoms with Gasteiger partial charge in [-0.15, -0.1) is 0 Å². The predicted octanol–water partition coefficient (Wildman–Crippen LogP) is 3.26. The summed E-state index contributed by atoms with van der Waals surface area (Å²) < 4.78 is 19.0. The first-order valence-corrected chi connectivity index (χ1v) is 11.0. The maximum absolute atomic E-state index is 13.1. The third-order valence-electron chi connectivity index (χ3n) is 6.72. The fourth-order valence-electron chi connectivity index (χ4n) is 4.93. The number of likely N-dealkylation sites (tertiary alicyclic amines) is 1. The van der Waals surface area contributed by atoms with Crippen LogP contribution in [0, 0.1) is 11.8 Å². The number of hydrogen-bond donors (Lipinski definition) is 1. The lowest BCUT2D eigenvalue weighted by atomic mass is 9.78. The predicted molar refractivity (Wildman–Crippen MR) is 115 cm³/mol. The lowest BCUT2D eigenvalue weighted by Crippen LogP contribution is -2.42. The van der Waals surface area contributed by atoms with Gasteiger partial charge < -0.3 is 28.8 Å². The van der Waals surface area contributed by atoms with E-state index in [1.807, 2.05) is 41.6 Å². The second-order valence-corrected chi connectivity index (χ2v) is 9.92. The van der Waals surface area contributed by atoms with Crippen LogP contribution in [0.3, 0.4) is 0 Å². The van der Waals surface area contributed by atoms with Gasteiger partial charge in [0.2, 0.25) is 6.79 Å². The molecule has 1 saturated carbocycles. The minimum Gasteiger partial charge on any atom is -0.488 e. The van der Waals surface area contributed by atoms with Crippen molar-refractivity contribution in [2.75, 3.05) is 19.9 Å². The lowest BCUT2D eigenvalue weighted by molar-refractivity contribution is -0.0232. The van der Waals surface area contributed by atoms with Gasteiger partial charge >= 0.3 is 0 Å². The fourth-order valence-corrected chi connectivity index (χ4v) is 4.93. The molecule has 1 N–H and O–H groups in total. The molecule has 1 amide bonds. The minimum atomic E-state index is -0.552. The molecule has 5 rings (SSSR count). The molecule has 0 radical (unpaired) electrons. The molecule has 2 aromatic rings. The van der Waals surface area contributed by atoms with E-state index in [0.29, 0.717) is 48.6 Å². The number of aliphatic hydroxyl groups is 1. The van der Waals surface area contributed by atoms with Gasteiger partial charge in [-0.05, 0) is 63.6 Å². The summed E-state index contributed by atoms with van der Waals surface area (Å²) in [6.07, 6.45) is 4.43. The molecule has 7 heteroatoms. The summed E-state index contributed by atoms with van der Waals surface area (Å²) in [6.45, 7) is 7.97. The molecule has 1 aromatic carbocycles. The van der Waals surface area contributed by atoms with E-state index in [-0.39, 0.29) is 24.3 Å². The third-order valence-corrected chi connectivity index (χ3v) is 6.72. The molecule has 0 spiro atoms. The molecule has 1 saturated heterocycles. The summed E-state index contributed by atoms with van der Waals surface area (Å²) in [5.74, 6) is 2.75. The second kappa shape index (κ2) is 7.48. The van der Waals surface area contributed by atoms with Crippen LogP contribution >= 0.6 is 0 Å². The van der Waals surface area contributed by atoms with Gasteiger partial charge in [0.25, 0.3) is 5.91 Å². The van der Waals surface area contributed by atoms with Crippen molar-refractivity contribution in [2.24, 2.45) is 11.8 Å². The molecule has 1 aromatic heterocycles. The van der Waals surface area contributed by atoms with Crippen LogP contribution < -0.4 is 14.2 Å². The summed E-state index contributed by atoms with van der Waals surface area (Å²) in [7, 11) is 0. The summed E-state index contributed by atoms with van der Waals surface area (Å²) in [6, 6.07) is 7.38. The highest BCUT2D eigenvalue weighted by Crippen LogP contribution is 2.40. The summed E-state index contributed by atoms with van der Waals surface area (Å²) in [5, 5.41) is 10.7. The highest BCUT2D eigenvalue weighted by Gasteiger charge is 2.44. The van der Waals surface area contributed by atoms with Crippen LogP contribution in [0.5, 0.6) is 17.2 Å². The molecule has 166 valence electrons. The van der Waals surface area contributed by atoms with Gasteiger partial charge in [0.05, 0.1) is 11.7 Å². The Morgan fingerprint density at radius 3 is 2.58 bits per heavy atom. The highest BCUT2D eigenvalue weighted by atomic mass is 16.7. The average Bonchev–Trinajstić information content (AvgIpc) is 3.46. The summed E-state index contributed by atoms with van der Waals surface area (Å²) in [4.78, 5) is 15.0. The van der Waals surface area contributed by atoms with Crippen molar-refractivity contribution in [1.82, 2.24) is 9.47 Å². The first-order chi connectivity index (χ1) is 14.8. The quantitative estimate of drug-likeness (QED) is 0.816. The van der Waals surface area contributed by atoms with Gasteiger partial charge in [-0.25, -0.2) is 0 Å². The Hall–Kier alpha value is -2.67. The first-order valence-electron chi connectivity index (χ1n) is 11.0. The molecule has 7 nitrogen and oxygen atoms in total. The SMILES string of the molecule is CC(C)(C)n1ccc(C(=O)N2C[C@H]3C[C@@H](Oc4ccc5c(c4)OCO5)[C@H](O)C[C@H]3C2)c1. The Kier molecular flexibility index (Phi) is 4.88. The number of benzene rings is 1. The van der Waals surface area contributed by atoms with E-state index in [1.165, 1.54) is 0 Å². The number of aromatic nitrogens is 1. The maximum Gasteiger partial charge on any atom is 0.255 e. The van der Waals surface area contributed by atoms with Crippen molar-refractivity contribution in [1.29, 1.82) is 0 Å². The topological polar surface area (TPSA) is 73.2 Å². The Morgan fingerprint density at radius 2 is 1.84 bits per heavy atom. The van der Waals surface area contributed by atoms with Gasteiger partial charge in [0, 0.05) is 37.1 Å². The molecule has 1 aliphatic carbocycles. The van der Waals surface area contributed by atoms with Crippen LogP contribution in [-0.2, 0) is 5.54 Å². The number of amides is 1. The van der Waals surface area contributed by atoms with Crippen LogP contribution in [0.1, 0.15) is 44.0 Å². The Balaban J connectivity index is 1.24. The second-order valence-electron chi connectivity index (χ2n) is 9.92. The number of ether oxygens (including phenoxy) is 3. The van der Waals surface area contributed by atoms with E-state index < -0.39 is 6.10 Å². The van der Waals surface area contributed by atoms with E-state index >= 15 is 0 Å². The van der Waals surface area contributed by atoms with Crippen LogP contribution in [0.25, 0.3) is 0 Å². The van der Waals surface area contributed by atoms with Crippen LogP contribution in [0.4, 0.5) is 0 Å². The van der Waals surface area contributed by atoms with Crippen molar-refractivity contribution in [2.45, 2.75) is 51.4 Å². The molecule has 0 bridgehead atoms. The van der Waals surface area contributed by atoms with E-state index in [0.717, 1.165) is 12.0 Å². The molecule has 2 fully saturated rings. The number of fused-ring (bicyclic) bond motifs is 2. The number of nitrogens with zero attached hydrogens (tertiary/aromatic N) is 2. The Labute approximate surface area is 182 Å². The smallest absolute Gasteiger partial charge is 0.255 e. The van der Waals surface area contributed by atoms with Gasteiger partial charge in [-0.1, -0.05) is 0 Å². The standard InChI is InChI=1S/C24H30N2O5/c1-24(2,3)26-7-6-15(13-26)23(28)25-11-16-8-19(27)21(9-17(16)12-25)31-18-4-5-20-22(10-18)30-14-29-20/h4-7,10,13,16-17,19,21,27H,8-9,11-12,14H2,1-3H3/t16-,17+,19+,21+/m0/s1. The molecule has 2 aliphatic heterocycles. The fraction of sp³-hybridized carbons (Fsp3) is 0.542. The van der Waals surface area contributed by atoms with Crippen molar-refractivity contribution < 1.29 is 24.1 Å². The molecule has 0 unspecified atom stereocenters. The summed E-state index contributed by atoms with van der Waals surface area (Å²) in [5.41, 5.74) is 0.670. The molecule has 4 atom stereocenters. The van der Waals surface area contributed by atoms with Crippen molar-refractivity contribution in [3.05, 3.63) is 42.2 Å². The lowest BCUT2D eigenvalue weighted by Gasteiger charge is -2.35. The van der Waals surface area contributed by atoms with Crippen LogP contribution in [0.15, 0.2) is 36.7 Å². The average molecular weight is 427 g/mol. The zero-order chi connectivity index (χ0) is 21.8. The van der Waals surface area contributed by atoms with E-state index in [4.69, 9.17) is 14.2 Å². The van der Waals surface area contributed by atoms with Crippen LogP contribution in [0.2, 0.25) is 0 Å². The molecule has 3 heterocycles. The molecule has 3 aliphatic rings. The maximum atomic E-state index is 13.1. The van der Waals surface area contributed by atoms with Gasteiger partial charge in [0.15, 0.2) is 11.5 Å². The Morgan fingerprint density at radius 1 is 1.10 bits per heavy atom. The number of carbonyl (C=O) groups excluding carboxylic acids is 1. The monoisotopic (exact) mass is 426 g/mol. The van der Waals surface area contributed by atoms with Gasteiger partial charge in [-0.3, -0.25) is 4.79 Å². The van der Waals surface area contributed by atoms with Gasteiger partial charge in [-0.2, -0.15) is 0 Å². The molecular weight excluding hydrogens is 396 g/mol. The molecular formula is C24H30N2O5. The largest absolute Gasteiger partial charge is 0.488 e.